The van der Waals surface area contributed by atoms with Gasteiger partial charge in [0.25, 0.3) is 0 Å². The maximum atomic E-state index is 7.95. The van der Waals surface area contributed by atoms with Crippen LogP contribution in [0.15, 0.2) is 9.98 Å². The summed E-state index contributed by atoms with van der Waals surface area (Å²) in [6, 6.07) is 0. The van der Waals surface area contributed by atoms with E-state index >= 15 is 0 Å². The minimum absolute atomic E-state index is 0.495. The Morgan fingerprint density at radius 2 is 2.38 bits per heavy atom. The first kappa shape index (κ1) is 6.83. The van der Waals surface area contributed by atoms with Crippen LogP contribution in [-0.4, -0.2) is 12.1 Å². The Hall–Kier alpha value is -1.17. The Morgan fingerprint density at radius 1 is 1.75 bits per heavy atom. The third kappa shape index (κ3) is 3.04. The van der Waals surface area contributed by atoms with Gasteiger partial charge in [0.05, 0.1) is 0 Å². The standard InChI is InChI=1S/C5H7N3/c1-3-7-5(2)8-4-6/h3H,1-2H3. The first-order valence-electron chi connectivity index (χ1n) is 2.23. The monoisotopic (exact) mass is 109 g/mol. The molecule has 0 fully saturated rings. The summed E-state index contributed by atoms with van der Waals surface area (Å²) >= 11 is 0. The van der Waals surface area contributed by atoms with E-state index in [1.54, 1.807) is 26.3 Å². The minimum Gasteiger partial charge on any atom is -0.245 e. The normalized spacial score (nSPS) is 11.9. The van der Waals surface area contributed by atoms with Crippen LogP contribution in [0.25, 0.3) is 0 Å². The van der Waals surface area contributed by atoms with Crippen molar-refractivity contribution in [2.45, 2.75) is 13.8 Å². The van der Waals surface area contributed by atoms with Crippen LogP contribution in [0.5, 0.6) is 0 Å². The molecule has 0 rings (SSSR count). The van der Waals surface area contributed by atoms with Gasteiger partial charge in [0, 0.05) is 6.21 Å². The highest BCUT2D eigenvalue weighted by atomic mass is 14.9. The van der Waals surface area contributed by atoms with Crippen LogP contribution < -0.4 is 0 Å². The third-order valence-corrected chi connectivity index (χ3v) is 0.528. The van der Waals surface area contributed by atoms with Gasteiger partial charge in [-0.2, -0.15) is 10.3 Å². The number of hydrogen-bond donors (Lipinski definition) is 0. The van der Waals surface area contributed by atoms with Crippen LogP contribution in [0.1, 0.15) is 13.8 Å². The van der Waals surface area contributed by atoms with Gasteiger partial charge in [-0.15, -0.1) is 0 Å². The quantitative estimate of drug-likeness (QED) is 0.260. The highest BCUT2D eigenvalue weighted by Gasteiger charge is 1.76. The molecule has 0 aromatic heterocycles. The predicted octanol–water partition coefficient (Wildman–Crippen LogP) is 0.977. The Morgan fingerprint density at radius 3 is 2.75 bits per heavy atom. The van der Waals surface area contributed by atoms with Crippen molar-refractivity contribution in [1.82, 2.24) is 0 Å². The van der Waals surface area contributed by atoms with E-state index in [1.807, 2.05) is 0 Å². The predicted molar refractivity (Wildman–Crippen MR) is 32.9 cm³/mol. The van der Waals surface area contributed by atoms with Gasteiger partial charge in [-0.25, -0.2) is 4.99 Å². The van der Waals surface area contributed by atoms with Crippen LogP contribution in [-0.2, 0) is 0 Å². The molecule has 0 aliphatic heterocycles. The summed E-state index contributed by atoms with van der Waals surface area (Å²) in [5, 5.41) is 7.95. The molecule has 0 radical (unpaired) electrons. The SMILES string of the molecule is CC=NC(C)=NC#N. The fourth-order valence-corrected chi connectivity index (χ4v) is 0.288. The number of aliphatic imine (C=N–C) groups is 2. The first-order chi connectivity index (χ1) is 3.81. The first-order valence-corrected chi connectivity index (χ1v) is 2.23. The zero-order valence-corrected chi connectivity index (χ0v) is 4.92. The van der Waals surface area contributed by atoms with E-state index in [1.165, 1.54) is 0 Å². The van der Waals surface area contributed by atoms with Crippen molar-refractivity contribution in [3.8, 4) is 6.19 Å². The van der Waals surface area contributed by atoms with Crippen molar-refractivity contribution >= 4 is 12.1 Å². The summed E-state index contributed by atoms with van der Waals surface area (Å²) in [6.07, 6.45) is 3.22. The summed E-state index contributed by atoms with van der Waals surface area (Å²) in [5.74, 6) is 0.495. The van der Waals surface area contributed by atoms with E-state index in [-0.39, 0.29) is 0 Å². The molecule has 0 spiro atoms. The lowest BCUT2D eigenvalue weighted by Crippen LogP contribution is -1.81. The summed E-state index contributed by atoms with van der Waals surface area (Å²) in [7, 11) is 0. The van der Waals surface area contributed by atoms with E-state index in [4.69, 9.17) is 5.26 Å². The molecule has 0 aliphatic carbocycles. The number of hydrogen-bond acceptors (Lipinski definition) is 2. The van der Waals surface area contributed by atoms with Crippen molar-refractivity contribution < 1.29 is 0 Å². The number of rotatable bonds is 0. The summed E-state index contributed by atoms with van der Waals surface area (Å²) in [6.45, 7) is 3.44. The molecular weight excluding hydrogens is 102 g/mol. The molecule has 3 nitrogen and oxygen atoms in total. The van der Waals surface area contributed by atoms with E-state index in [9.17, 15) is 0 Å². The van der Waals surface area contributed by atoms with E-state index in [0.717, 1.165) is 0 Å². The molecule has 0 aromatic carbocycles. The van der Waals surface area contributed by atoms with Gasteiger partial charge in [0.2, 0.25) is 6.19 Å². The van der Waals surface area contributed by atoms with Crippen molar-refractivity contribution in [2.75, 3.05) is 0 Å². The van der Waals surface area contributed by atoms with Gasteiger partial charge in [-0.1, -0.05) is 0 Å². The Balaban J connectivity index is 3.85. The molecular formula is C5H7N3. The fourth-order valence-electron chi connectivity index (χ4n) is 0.288. The third-order valence-electron chi connectivity index (χ3n) is 0.528. The lowest BCUT2D eigenvalue weighted by Gasteiger charge is -1.78. The molecule has 3 heteroatoms. The average Bonchev–Trinajstić information content (AvgIpc) is 1.68. The lowest BCUT2D eigenvalue weighted by molar-refractivity contribution is 1.41. The fraction of sp³-hybridized carbons (Fsp3) is 0.400. The summed E-state index contributed by atoms with van der Waals surface area (Å²) < 4.78 is 0. The largest absolute Gasteiger partial charge is 0.245 e. The molecule has 0 bridgehead atoms. The highest BCUT2D eigenvalue weighted by molar-refractivity contribution is 5.87. The van der Waals surface area contributed by atoms with Gasteiger partial charge in [0.1, 0.15) is 5.84 Å². The van der Waals surface area contributed by atoms with E-state index in [0.29, 0.717) is 5.84 Å². The minimum atomic E-state index is 0.495. The van der Waals surface area contributed by atoms with Crippen molar-refractivity contribution in [3.05, 3.63) is 0 Å². The second-order valence-electron chi connectivity index (χ2n) is 1.15. The smallest absolute Gasteiger partial charge is 0.207 e. The zero-order valence-electron chi connectivity index (χ0n) is 4.92. The Labute approximate surface area is 48.4 Å². The maximum absolute atomic E-state index is 7.95. The van der Waals surface area contributed by atoms with Crippen LogP contribution in [0.3, 0.4) is 0 Å². The van der Waals surface area contributed by atoms with Crippen molar-refractivity contribution in [2.24, 2.45) is 9.98 Å². The second kappa shape index (κ2) is 4.00. The molecule has 0 atom stereocenters. The van der Waals surface area contributed by atoms with Crippen LogP contribution in [0.2, 0.25) is 0 Å². The lowest BCUT2D eigenvalue weighted by atomic mass is 10.7. The van der Waals surface area contributed by atoms with Gasteiger partial charge < -0.3 is 0 Å². The molecule has 0 saturated carbocycles. The van der Waals surface area contributed by atoms with Crippen LogP contribution >= 0.6 is 0 Å². The molecule has 42 valence electrons. The Kier molecular flexibility index (Phi) is 3.42. The zero-order chi connectivity index (χ0) is 6.41. The Bertz CT molecular complexity index is 150. The molecule has 0 aromatic rings. The molecule has 0 saturated heterocycles. The molecule has 0 aliphatic rings. The van der Waals surface area contributed by atoms with Crippen LogP contribution in [0, 0.1) is 11.5 Å². The molecule has 0 amide bonds. The number of nitriles is 1. The average molecular weight is 109 g/mol. The summed E-state index contributed by atoms with van der Waals surface area (Å²) in [4.78, 5) is 7.06. The highest BCUT2D eigenvalue weighted by Crippen LogP contribution is 1.74. The van der Waals surface area contributed by atoms with Crippen molar-refractivity contribution in [1.29, 1.82) is 5.26 Å². The van der Waals surface area contributed by atoms with E-state index in [2.05, 4.69) is 9.98 Å². The topological polar surface area (TPSA) is 48.5 Å². The van der Waals surface area contributed by atoms with Crippen molar-refractivity contribution in [3.63, 3.8) is 0 Å². The van der Waals surface area contributed by atoms with Gasteiger partial charge in [0.15, 0.2) is 0 Å². The van der Waals surface area contributed by atoms with Gasteiger partial charge in [-0.05, 0) is 13.8 Å². The van der Waals surface area contributed by atoms with Crippen LogP contribution in [0.4, 0.5) is 0 Å². The second-order valence-corrected chi connectivity index (χ2v) is 1.15. The van der Waals surface area contributed by atoms with Gasteiger partial charge >= 0.3 is 0 Å². The number of nitrogens with zero attached hydrogens (tertiary/aromatic N) is 3. The molecule has 0 heterocycles. The molecule has 0 N–H and O–H groups in total. The number of amidine groups is 1. The van der Waals surface area contributed by atoms with Gasteiger partial charge in [-0.3, -0.25) is 0 Å². The molecule has 0 unspecified atom stereocenters. The molecule has 8 heavy (non-hydrogen) atoms. The maximum Gasteiger partial charge on any atom is 0.207 e. The van der Waals surface area contributed by atoms with E-state index < -0.39 is 0 Å². The summed E-state index contributed by atoms with van der Waals surface area (Å²) in [5.41, 5.74) is 0.